The van der Waals surface area contributed by atoms with Crippen molar-refractivity contribution in [2.24, 2.45) is 0 Å². The maximum Gasteiger partial charge on any atom is 0.208 e. The lowest BCUT2D eigenvalue weighted by atomic mass is 9.86. The smallest absolute Gasteiger partial charge is 0.208 e. The third-order valence-electron chi connectivity index (χ3n) is 7.49. The van der Waals surface area contributed by atoms with Crippen LogP contribution in [0.15, 0.2) is 17.6 Å². The fourth-order valence-electron chi connectivity index (χ4n) is 5.69. The van der Waals surface area contributed by atoms with Gasteiger partial charge in [-0.2, -0.15) is 0 Å². The van der Waals surface area contributed by atoms with Crippen molar-refractivity contribution in [2.45, 2.75) is 49.3 Å². The summed E-state index contributed by atoms with van der Waals surface area (Å²) in [6.45, 7) is 5.46. The van der Waals surface area contributed by atoms with Crippen LogP contribution in [0.25, 0.3) is 0 Å². The molecule has 178 valence electrons. The first-order chi connectivity index (χ1) is 16.1. The molecule has 0 bridgehead atoms. The van der Waals surface area contributed by atoms with E-state index < -0.39 is 11.6 Å². The first kappa shape index (κ1) is 21.6. The lowest BCUT2D eigenvalue weighted by Crippen LogP contribution is -2.62. The summed E-state index contributed by atoms with van der Waals surface area (Å²) in [5.41, 5.74) is 2.47. The van der Waals surface area contributed by atoms with Gasteiger partial charge in [-0.25, -0.2) is 8.78 Å². The second-order valence-corrected chi connectivity index (χ2v) is 10.5. The Morgan fingerprint density at radius 1 is 1.09 bits per heavy atom. The Kier molecular flexibility index (Phi) is 5.72. The summed E-state index contributed by atoms with van der Waals surface area (Å²) >= 11 is 1.56. The summed E-state index contributed by atoms with van der Waals surface area (Å²) in [5, 5.41) is 9.03. The molecule has 4 aliphatic rings. The van der Waals surface area contributed by atoms with Crippen LogP contribution < -0.4 is 9.64 Å². The van der Waals surface area contributed by atoms with E-state index in [0.29, 0.717) is 25.0 Å². The SMILES string of the molecule is Fc1cc(O[C@@H]2CCOC2)c(C2CCN([C@@H]3COC4(C3)CN(c3nncs3)C4)CC2)cc1F. The molecule has 1 spiro atoms. The first-order valence-electron chi connectivity index (χ1n) is 11.7. The predicted octanol–water partition coefficient (Wildman–Crippen LogP) is 3.21. The third kappa shape index (κ3) is 4.22. The maximum atomic E-state index is 14.1. The van der Waals surface area contributed by atoms with Crippen molar-refractivity contribution < 1.29 is 23.0 Å². The monoisotopic (exact) mass is 478 g/mol. The lowest BCUT2D eigenvalue weighted by Gasteiger charge is -2.47. The molecule has 0 radical (unpaired) electrons. The summed E-state index contributed by atoms with van der Waals surface area (Å²) in [7, 11) is 0. The quantitative estimate of drug-likeness (QED) is 0.654. The molecule has 4 fully saturated rings. The average molecular weight is 479 g/mol. The number of aromatic nitrogens is 2. The zero-order valence-electron chi connectivity index (χ0n) is 18.4. The number of hydrogen-bond donors (Lipinski definition) is 0. The summed E-state index contributed by atoms with van der Waals surface area (Å²) in [6.07, 6.45) is 3.49. The van der Waals surface area contributed by atoms with Crippen molar-refractivity contribution in [2.75, 3.05) is 50.9 Å². The highest BCUT2D eigenvalue weighted by molar-refractivity contribution is 7.13. The van der Waals surface area contributed by atoms with Crippen LogP contribution in [0.3, 0.4) is 0 Å². The molecule has 1 aromatic heterocycles. The number of anilines is 1. The number of rotatable bonds is 5. The number of likely N-dealkylation sites (tertiary alicyclic amines) is 1. The van der Waals surface area contributed by atoms with Crippen molar-refractivity contribution >= 4 is 16.5 Å². The van der Waals surface area contributed by atoms with Crippen molar-refractivity contribution in [1.29, 1.82) is 0 Å². The van der Waals surface area contributed by atoms with Gasteiger partial charge in [0.05, 0.1) is 32.9 Å². The van der Waals surface area contributed by atoms with Gasteiger partial charge in [-0.05, 0) is 44.3 Å². The molecule has 5 heterocycles. The van der Waals surface area contributed by atoms with Crippen LogP contribution in [0.4, 0.5) is 13.9 Å². The van der Waals surface area contributed by atoms with Crippen LogP contribution in [0, 0.1) is 11.6 Å². The van der Waals surface area contributed by atoms with E-state index in [9.17, 15) is 8.78 Å². The maximum absolute atomic E-state index is 14.1. The number of piperidine rings is 1. The summed E-state index contributed by atoms with van der Waals surface area (Å²) < 4.78 is 45.8. The van der Waals surface area contributed by atoms with E-state index in [2.05, 4.69) is 20.0 Å². The predicted molar refractivity (Wildman–Crippen MR) is 119 cm³/mol. The molecule has 6 rings (SSSR count). The van der Waals surface area contributed by atoms with Gasteiger partial charge in [0.2, 0.25) is 5.13 Å². The molecule has 2 aromatic rings. The van der Waals surface area contributed by atoms with Gasteiger partial charge in [0.25, 0.3) is 0 Å². The number of ether oxygens (including phenoxy) is 3. The first-order valence-corrected chi connectivity index (χ1v) is 12.6. The zero-order chi connectivity index (χ0) is 22.4. The molecule has 0 unspecified atom stereocenters. The minimum Gasteiger partial charge on any atom is -0.488 e. The van der Waals surface area contributed by atoms with Crippen LogP contribution in [-0.2, 0) is 9.47 Å². The van der Waals surface area contributed by atoms with Crippen LogP contribution in [0.5, 0.6) is 5.75 Å². The molecule has 7 nitrogen and oxygen atoms in total. The number of nitrogens with zero attached hydrogens (tertiary/aromatic N) is 4. The number of hydrogen-bond acceptors (Lipinski definition) is 8. The van der Waals surface area contributed by atoms with E-state index in [1.807, 2.05) is 0 Å². The second kappa shape index (κ2) is 8.72. The lowest BCUT2D eigenvalue weighted by molar-refractivity contribution is -0.0195. The van der Waals surface area contributed by atoms with Gasteiger partial charge in [-0.15, -0.1) is 10.2 Å². The minimum atomic E-state index is -0.860. The van der Waals surface area contributed by atoms with Crippen LogP contribution >= 0.6 is 11.3 Å². The van der Waals surface area contributed by atoms with Crippen molar-refractivity contribution in [3.05, 3.63) is 34.8 Å². The van der Waals surface area contributed by atoms with E-state index in [0.717, 1.165) is 69.2 Å². The minimum absolute atomic E-state index is 0.0718. The van der Waals surface area contributed by atoms with Gasteiger partial charge in [0, 0.05) is 24.1 Å². The Hall–Kier alpha value is -1.88. The van der Waals surface area contributed by atoms with Crippen LogP contribution in [0.1, 0.15) is 37.2 Å². The summed E-state index contributed by atoms with van der Waals surface area (Å²) in [4.78, 5) is 4.73. The molecule has 4 saturated heterocycles. The summed E-state index contributed by atoms with van der Waals surface area (Å²) in [6, 6.07) is 2.95. The average Bonchev–Trinajstić information content (AvgIpc) is 3.57. The molecule has 0 aliphatic carbocycles. The van der Waals surface area contributed by atoms with Gasteiger partial charge in [0.15, 0.2) is 11.6 Å². The highest BCUT2D eigenvalue weighted by Crippen LogP contribution is 2.42. The Labute approximate surface area is 195 Å². The normalized spacial score (nSPS) is 27.9. The molecule has 1 aromatic carbocycles. The Morgan fingerprint density at radius 2 is 1.91 bits per heavy atom. The topological polar surface area (TPSA) is 60.0 Å². The molecule has 4 aliphatic heterocycles. The molecule has 2 atom stereocenters. The van der Waals surface area contributed by atoms with Crippen molar-refractivity contribution in [3.8, 4) is 5.75 Å². The van der Waals surface area contributed by atoms with Crippen LogP contribution in [0.2, 0.25) is 0 Å². The number of halogens is 2. The Bertz CT molecular complexity index is 974. The standard InChI is InChI=1S/C23H28F2N4O3S/c24-19-7-18(21(8-20(19)25)32-17-3-6-30-11-17)15-1-4-28(5-2-15)16-9-23(31-10-16)12-29(13-23)22-27-26-14-33-22/h7-8,14-17H,1-6,9-13H2/t16-,17+/m0/s1. The molecule has 10 heteroatoms. The van der Waals surface area contributed by atoms with Crippen molar-refractivity contribution in [1.82, 2.24) is 15.1 Å². The second-order valence-electron chi connectivity index (χ2n) is 9.65. The number of benzene rings is 1. The molecular weight excluding hydrogens is 450 g/mol. The van der Waals surface area contributed by atoms with Gasteiger partial charge >= 0.3 is 0 Å². The molecular formula is C23H28F2N4O3S. The summed E-state index contributed by atoms with van der Waals surface area (Å²) in [5.74, 6) is -1.04. The van der Waals surface area contributed by atoms with E-state index >= 15 is 0 Å². The van der Waals surface area contributed by atoms with Gasteiger partial charge < -0.3 is 19.1 Å². The third-order valence-corrected chi connectivity index (χ3v) is 8.24. The molecule has 33 heavy (non-hydrogen) atoms. The largest absolute Gasteiger partial charge is 0.488 e. The zero-order valence-corrected chi connectivity index (χ0v) is 19.2. The Morgan fingerprint density at radius 3 is 2.64 bits per heavy atom. The fourth-order valence-corrected chi connectivity index (χ4v) is 6.25. The van der Waals surface area contributed by atoms with Crippen molar-refractivity contribution in [3.63, 3.8) is 0 Å². The van der Waals surface area contributed by atoms with Crippen LogP contribution in [-0.4, -0.2) is 78.8 Å². The van der Waals surface area contributed by atoms with E-state index in [-0.39, 0.29) is 17.6 Å². The van der Waals surface area contributed by atoms with E-state index in [1.165, 1.54) is 12.1 Å². The van der Waals surface area contributed by atoms with Gasteiger partial charge in [-0.3, -0.25) is 4.90 Å². The van der Waals surface area contributed by atoms with E-state index in [1.54, 1.807) is 16.8 Å². The van der Waals surface area contributed by atoms with Gasteiger partial charge in [-0.1, -0.05) is 11.3 Å². The van der Waals surface area contributed by atoms with Gasteiger partial charge in [0.1, 0.15) is 23.0 Å². The fraction of sp³-hybridized carbons (Fsp3) is 0.652. The molecule has 0 saturated carbocycles. The molecule has 0 N–H and O–H groups in total. The highest BCUT2D eigenvalue weighted by Gasteiger charge is 2.51. The van der Waals surface area contributed by atoms with E-state index in [4.69, 9.17) is 14.2 Å². The Balaban J connectivity index is 1.07. The molecule has 0 amide bonds. The highest BCUT2D eigenvalue weighted by atomic mass is 32.1.